The molecule has 1 aromatic carbocycles. The van der Waals surface area contributed by atoms with E-state index in [2.05, 4.69) is 0 Å². The molecule has 0 radical (unpaired) electrons. The summed E-state index contributed by atoms with van der Waals surface area (Å²) in [6.07, 6.45) is 9.32. The van der Waals surface area contributed by atoms with Gasteiger partial charge in [0.2, 0.25) is 0 Å². The van der Waals surface area contributed by atoms with Gasteiger partial charge in [-0.2, -0.15) is 0 Å². The molecule has 28 heavy (non-hydrogen) atoms. The molecule has 0 N–H and O–H groups in total. The lowest BCUT2D eigenvalue weighted by molar-refractivity contribution is 0.00605. The molecular weight excluding hydrogens is 360 g/mol. The van der Waals surface area contributed by atoms with Crippen LogP contribution in [0.15, 0.2) is 24.3 Å². The lowest BCUT2D eigenvalue weighted by Gasteiger charge is -2.21. The zero-order chi connectivity index (χ0) is 19.6. The highest BCUT2D eigenvalue weighted by Crippen LogP contribution is 2.22. The van der Waals surface area contributed by atoms with Crippen molar-refractivity contribution in [3.63, 3.8) is 0 Å². The average molecular weight is 390 g/mol. The van der Waals surface area contributed by atoms with E-state index in [1.165, 1.54) is 12.8 Å². The number of hydrogen-bond acceptors (Lipinski definition) is 6. The number of hydrogen-bond donors (Lipinski definition) is 0. The van der Waals surface area contributed by atoms with Gasteiger partial charge < -0.3 is 18.9 Å². The second kappa shape index (κ2) is 10.9. The van der Waals surface area contributed by atoms with Crippen molar-refractivity contribution in [1.29, 1.82) is 0 Å². The van der Waals surface area contributed by atoms with E-state index < -0.39 is 12.3 Å². The molecule has 1 aromatic rings. The number of rotatable bonds is 6. The Hall–Kier alpha value is -2.24. The van der Waals surface area contributed by atoms with Gasteiger partial charge >= 0.3 is 12.3 Å². The summed E-state index contributed by atoms with van der Waals surface area (Å²) in [6.45, 7) is 0.326. The molecule has 0 bridgehead atoms. The monoisotopic (exact) mass is 390 g/mol. The fourth-order valence-electron chi connectivity index (χ4n) is 3.72. The number of ether oxygens (including phenoxy) is 4. The largest absolute Gasteiger partial charge is 0.508 e. The normalized spacial score (nSPS) is 18.3. The minimum Gasteiger partial charge on any atom is -0.431 e. The lowest BCUT2D eigenvalue weighted by atomic mass is 9.98. The average Bonchev–Trinajstić information content (AvgIpc) is 2.73. The molecule has 0 aromatic heterocycles. The summed E-state index contributed by atoms with van der Waals surface area (Å²) < 4.78 is 21.0. The molecule has 0 amide bonds. The van der Waals surface area contributed by atoms with Crippen LogP contribution >= 0.6 is 0 Å². The van der Waals surface area contributed by atoms with Crippen molar-refractivity contribution in [3.05, 3.63) is 35.4 Å². The van der Waals surface area contributed by atoms with Crippen molar-refractivity contribution in [2.75, 3.05) is 0 Å². The molecule has 154 valence electrons. The molecule has 2 aliphatic carbocycles. The van der Waals surface area contributed by atoms with Crippen LogP contribution in [0, 0.1) is 0 Å². The van der Waals surface area contributed by atoms with Gasteiger partial charge in [-0.3, -0.25) is 0 Å². The molecule has 2 aliphatic rings. The zero-order valence-corrected chi connectivity index (χ0v) is 16.4. The lowest BCUT2D eigenvalue weighted by Crippen LogP contribution is -2.21. The summed E-state index contributed by atoms with van der Waals surface area (Å²) >= 11 is 0. The topological polar surface area (TPSA) is 71.1 Å². The fraction of sp³-hybridized carbons (Fsp3) is 0.636. The summed E-state index contributed by atoms with van der Waals surface area (Å²) in [7, 11) is 0. The minimum absolute atomic E-state index is 0.00543. The summed E-state index contributed by atoms with van der Waals surface area (Å²) in [5.41, 5.74) is 1.71. The van der Waals surface area contributed by atoms with Crippen LogP contribution in [0.1, 0.15) is 75.3 Å². The zero-order valence-electron chi connectivity index (χ0n) is 16.4. The Balaban J connectivity index is 1.33. The maximum atomic E-state index is 11.8. The van der Waals surface area contributed by atoms with Gasteiger partial charge in [0.1, 0.15) is 25.4 Å². The van der Waals surface area contributed by atoms with Gasteiger partial charge in [-0.1, -0.05) is 37.1 Å². The SMILES string of the molecule is O=C(OCc1ccc(COC(=O)OC2CCCCC2)cc1)OC1CCCCC1. The first-order valence-electron chi connectivity index (χ1n) is 10.4. The molecule has 0 aliphatic heterocycles. The highest BCUT2D eigenvalue weighted by atomic mass is 16.7. The first-order valence-corrected chi connectivity index (χ1v) is 10.4. The van der Waals surface area contributed by atoms with Crippen LogP contribution in [0.3, 0.4) is 0 Å². The molecule has 0 saturated heterocycles. The molecule has 6 heteroatoms. The molecule has 6 nitrogen and oxygen atoms in total. The maximum absolute atomic E-state index is 11.8. The van der Waals surface area contributed by atoms with E-state index >= 15 is 0 Å². The molecule has 2 saturated carbocycles. The van der Waals surface area contributed by atoms with Crippen LogP contribution < -0.4 is 0 Å². The van der Waals surface area contributed by atoms with Gasteiger partial charge in [0.05, 0.1) is 0 Å². The van der Waals surface area contributed by atoms with Crippen LogP contribution in [0.4, 0.5) is 9.59 Å². The van der Waals surface area contributed by atoms with E-state index in [-0.39, 0.29) is 25.4 Å². The Morgan fingerprint density at radius 2 is 1.00 bits per heavy atom. The van der Waals surface area contributed by atoms with Crippen molar-refractivity contribution < 1.29 is 28.5 Å². The van der Waals surface area contributed by atoms with Crippen LogP contribution in [-0.4, -0.2) is 24.5 Å². The quantitative estimate of drug-likeness (QED) is 0.584. The number of carbonyl (C=O) groups excluding carboxylic acids is 2. The Kier molecular flexibility index (Phi) is 8.00. The number of carbonyl (C=O) groups is 2. The predicted molar refractivity (Wildman–Crippen MR) is 103 cm³/mol. The van der Waals surface area contributed by atoms with Gasteiger partial charge in [0, 0.05) is 0 Å². The Labute approximate surface area is 166 Å². The number of benzene rings is 1. The van der Waals surface area contributed by atoms with Crippen LogP contribution in [-0.2, 0) is 32.2 Å². The third-order valence-corrected chi connectivity index (χ3v) is 5.37. The van der Waals surface area contributed by atoms with Crippen LogP contribution in [0.25, 0.3) is 0 Å². The highest BCUT2D eigenvalue weighted by Gasteiger charge is 2.19. The molecule has 0 spiro atoms. The van der Waals surface area contributed by atoms with E-state index in [9.17, 15) is 9.59 Å². The smallest absolute Gasteiger partial charge is 0.431 e. The predicted octanol–water partition coefficient (Wildman–Crippen LogP) is 5.66. The second-order valence-corrected chi connectivity index (χ2v) is 7.65. The van der Waals surface area contributed by atoms with Gasteiger partial charge in [-0.25, -0.2) is 9.59 Å². The van der Waals surface area contributed by atoms with Crippen molar-refractivity contribution in [1.82, 2.24) is 0 Å². The summed E-state index contributed by atoms with van der Waals surface area (Å²) in [6, 6.07) is 7.39. The fourth-order valence-corrected chi connectivity index (χ4v) is 3.72. The van der Waals surface area contributed by atoms with Crippen molar-refractivity contribution in [2.45, 2.75) is 89.6 Å². The van der Waals surface area contributed by atoms with Crippen LogP contribution in [0.2, 0.25) is 0 Å². The third-order valence-electron chi connectivity index (χ3n) is 5.37. The van der Waals surface area contributed by atoms with E-state index in [1.807, 2.05) is 24.3 Å². The summed E-state index contributed by atoms with van der Waals surface area (Å²) in [4.78, 5) is 23.6. The summed E-state index contributed by atoms with van der Waals surface area (Å²) in [5.74, 6) is 0. The van der Waals surface area contributed by atoms with E-state index in [0.29, 0.717) is 0 Å². The maximum Gasteiger partial charge on any atom is 0.508 e. The van der Waals surface area contributed by atoms with Gasteiger partial charge in [0.25, 0.3) is 0 Å². The first-order chi connectivity index (χ1) is 13.7. The van der Waals surface area contributed by atoms with E-state index in [1.54, 1.807) is 0 Å². The minimum atomic E-state index is -0.607. The molecule has 0 unspecified atom stereocenters. The van der Waals surface area contributed by atoms with Crippen LogP contribution in [0.5, 0.6) is 0 Å². The highest BCUT2D eigenvalue weighted by molar-refractivity contribution is 5.60. The molecule has 0 atom stereocenters. The van der Waals surface area contributed by atoms with E-state index in [0.717, 1.165) is 62.5 Å². The Morgan fingerprint density at radius 3 is 1.36 bits per heavy atom. The first kappa shape index (κ1) is 20.5. The van der Waals surface area contributed by atoms with Crippen molar-refractivity contribution in [2.24, 2.45) is 0 Å². The van der Waals surface area contributed by atoms with Crippen molar-refractivity contribution in [3.8, 4) is 0 Å². The molecule has 3 rings (SSSR count). The Bertz CT molecular complexity index is 559. The standard InChI is InChI=1S/C22H30O6/c23-21(27-19-7-3-1-4-8-19)25-15-17-11-13-18(14-12-17)16-26-22(24)28-20-9-5-2-6-10-20/h11-14,19-20H,1-10,15-16H2. The molecule has 0 heterocycles. The van der Waals surface area contributed by atoms with Gasteiger partial charge in [-0.15, -0.1) is 0 Å². The van der Waals surface area contributed by atoms with Gasteiger partial charge in [-0.05, 0) is 62.5 Å². The Morgan fingerprint density at radius 1 is 0.643 bits per heavy atom. The summed E-state index contributed by atoms with van der Waals surface area (Å²) in [5, 5.41) is 0. The second-order valence-electron chi connectivity index (χ2n) is 7.65. The molecular formula is C22H30O6. The van der Waals surface area contributed by atoms with Gasteiger partial charge in [0.15, 0.2) is 0 Å². The third kappa shape index (κ3) is 7.06. The molecule has 2 fully saturated rings. The van der Waals surface area contributed by atoms with E-state index in [4.69, 9.17) is 18.9 Å². The van der Waals surface area contributed by atoms with Crippen molar-refractivity contribution >= 4 is 12.3 Å².